The van der Waals surface area contributed by atoms with Crippen LogP contribution in [0, 0.1) is 0 Å². The van der Waals surface area contributed by atoms with E-state index in [1.54, 1.807) is 0 Å². The van der Waals surface area contributed by atoms with Crippen LogP contribution in [-0.2, 0) is 4.79 Å². The monoisotopic (exact) mass is 191 g/mol. The molecule has 0 fully saturated rings. The van der Waals surface area contributed by atoms with Crippen LogP contribution in [0.25, 0.3) is 0 Å². The molecule has 0 saturated carbocycles. The first-order valence-corrected chi connectivity index (χ1v) is 5.17. The molecule has 0 rings (SSSR count). The minimum Gasteiger partial charge on any atom is -0.356 e. The van der Waals surface area contributed by atoms with Gasteiger partial charge in [0, 0.05) is 18.8 Å². The largest absolute Gasteiger partial charge is 0.356 e. The number of carbonyl (C=O) groups is 1. The van der Waals surface area contributed by atoms with Crippen LogP contribution < -0.4 is 5.32 Å². The highest BCUT2D eigenvalue weighted by Crippen LogP contribution is 1.97. The Balaban J connectivity index is 3.03. The summed E-state index contributed by atoms with van der Waals surface area (Å²) in [6.07, 6.45) is 5.22. The third-order valence-corrected chi connectivity index (χ3v) is 1.86. The number of rotatable bonds is 7. The number of alkyl halides is 1. The van der Waals surface area contributed by atoms with E-state index in [1.807, 2.05) is 0 Å². The number of carbonyl (C=O) groups excluding carboxylic acids is 1. The highest BCUT2D eigenvalue weighted by molar-refractivity contribution is 6.18. The molecule has 1 N–H and O–H groups in total. The lowest BCUT2D eigenvalue weighted by Crippen LogP contribution is -2.24. The van der Waals surface area contributed by atoms with Crippen molar-refractivity contribution in [1.29, 1.82) is 0 Å². The topological polar surface area (TPSA) is 29.1 Å². The van der Waals surface area contributed by atoms with Crippen LogP contribution in [-0.4, -0.2) is 18.3 Å². The zero-order valence-electron chi connectivity index (χ0n) is 7.74. The number of unbranched alkanes of at least 4 members (excludes halogenated alkanes) is 3. The quantitative estimate of drug-likeness (QED) is 0.486. The van der Waals surface area contributed by atoms with Crippen molar-refractivity contribution in [1.82, 2.24) is 5.32 Å². The van der Waals surface area contributed by atoms with Crippen LogP contribution in [0.4, 0.5) is 0 Å². The van der Waals surface area contributed by atoms with E-state index >= 15 is 0 Å². The van der Waals surface area contributed by atoms with Gasteiger partial charge in [0.25, 0.3) is 0 Å². The third kappa shape index (κ3) is 7.86. The fourth-order valence-corrected chi connectivity index (χ4v) is 1.13. The van der Waals surface area contributed by atoms with Gasteiger partial charge in [0.05, 0.1) is 0 Å². The molecule has 0 heterocycles. The summed E-state index contributed by atoms with van der Waals surface area (Å²) in [7, 11) is 0. The van der Waals surface area contributed by atoms with E-state index in [1.165, 1.54) is 19.3 Å². The Bertz CT molecular complexity index is 117. The second kappa shape index (κ2) is 8.85. The summed E-state index contributed by atoms with van der Waals surface area (Å²) in [6, 6.07) is 0. The van der Waals surface area contributed by atoms with Crippen LogP contribution >= 0.6 is 11.6 Å². The van der Waals surface area contributed by atoms with Crippen LogP contribution in [0.3, 0.4) is 0 Å². The second-order valence-electron chi connectivity index (χ2n) is 2.85. The van der Waals surface area contributed by atoms with Gasteiger partial charge in [-0.1, -0.05) is 26.2 Å². The van der Waals surface area contributed by atoms with Crippen molar-refractivity contribution in [2.45, 2.75) is 39.0 Å². The van der Waals surface area contributed by atoms with Gasteiger partial charge in [-0.2, -0.15) is 0 Å². The maximum Gasteiger partial charge on any atom is 0.221 e. The van der Waals surface area contributed by atoms with Crippen molar-refractivity contribution in [2.75, 3.05) is 12.4 Å². The molecule has 1 amide bonds. The molecule has 0 aliphatic heterocycles. The molecule has 12 heavy (non-hydrogen) atoms. The summed E-state index contributed by atoms with van der Waals surface area (Å²) >= 11 is 5.40. The van der Waals surface area contributed by atoms with Crippen molar-refractivity contribution >= 4 is 17.5 Å². The summed E-state index contributed by atoms with van der Waals surface area (Å²) < 4.78 is 0. The van der Waals surface area contributed by atoms with Gasteiger partial charge in [-0.05, 0) is 6.42 Å². The third-order valence-electron chi connectivity index (χ3n) is 1.67. The Labute approximate surface area is 79.7 Å². The highest BCUT2D eigenvalue weighted by Gasteiger charge is 1.97. The molecule has 72 valence electrons. The summed E-state index contributed by atoms with van der Waals surface area (Å²) in [5, 5.41) is 2.82. The first-order valence-electron chi connectivity index (χ1n) is 4.64. The minimum absolute atomic E-state index is 0.0708. The van der Waals surface area contributed by atoms with E-state index in [2.05, 4.69) is 12.2 Å². The molecule has 3 heteroatoms. The highest BCUT2D eigenvalue weighted by atomic mass is 35.5. The van der Waals surface area contributed by atoms with Gasteiger partial charge in [-0.25, -0.2) is 0 Å². The lowest BCUT2D eigenvalue weighted by molar-refractivity contribution is -0.120. The minimum atomic E-state index is 0.0708. The SMILES string of the molecule is CCCCCCNC(=O)CCCl. The van der Waals surface area contributed by atoms with Crippen LogP contribution in [0.5, 0.6) is 0 Å². The van der Waals surface area contributed by atoms with Crippen molar-refractivity contribution in [3.8, 4) is 0 Å². The summed E-state index contributed by atoms with van der Waals surface area (Å²) in [5.74, 6) is 0.488. The Kier molecular flexibility index (Phi) is 8.68. The summed E-state index contributed by atoms with van der Waals surface area (Å²) in [4.78, 5) is 10.9. The molecule has 0 spiro atoms. The van der Waals surface area contributed by atoms with Gasteiger partial charge in [0.1, 0.15) is 0 Å². The normalized spacial score (nSPS) is 9.83. The van der Waals surface area contributed by atoms with E-state index in [-0.39, 0.29) is 5.91 Å². The molecule has 0 aliphatic rings. The summed E-state index contributed by atoms with van der Waals surface area (Å²) in [5.41, 5.74) is 0. The van der Waals surface area contributed by atoms with Gasteiger partial charge in [0.15, 0.2) is 0 Å². The zero-order valence-corrected chi connectivity index (χ0v) is 8.49. The first-order chi connectivity index (χ1) is 5.81. The number of hydrogen-bond donors (Lipinski definition) is 1. The number of amides is 1. The Morgan fingerprint density at radius 3 is 2.67 bits per heavy atom. The zero-order chi connectivity index (χ0) is 9.23. The van der Waals surface area contributed by atoms with Gasteiger partial charge in [-0.3, -0.25) is 4.79 Å². The molecule has 0 radical (unpaired) electrons. The molecular weight excluding hydrogens is 174 g/mol. The number of hydrogen-bond acceptors (Lipinski definition) is 1. The standard InChI is InChI=1S/C9H18ClNO/c1-2-3-4-5-8-11-9(12)6-7-10/h2-8H2,1H3,(H,11,12). The molecule has 0 atom stereocenters. The number of halogens is 1. The molecule has 0 aromatic heterocycles. The fraction of sp³-hybridized carbons (Fsp3) is 0.889. The average Bonchev–Trinajstić information content (AvgIpc) is 2.05. The van der Waals surface area contributed by atoms with E-state index in [9.17, 15) is 4.79 Å². The van der Waals surface area contributed by atoms with Crippen molar-refractivity contribution in [3.63, 3.8) is 0 Å². The Morgan fingerprint density at radius 1 is 1.33 bits per heavy atom. The van der Waals surface area contributed by atoms with E-state index in [0.717, 1.165) is 13.0 Å². The smallest absolute Gasteiger partial charge is 0.221 e. The molecule has 0 unspecified atom stereocenters. The van der Waals surface area contributed by atoms with Crippen molar-refractivity contribution in [3.05, 3.63) is 0 Å². The molecule has 0 saturated heterocycles. The predicted molar refractivity (Wildman–Crippen MR) is 52.5 cm³/mol. The van der Waals surface area contributed by atoms with Gasteiger partial charge >= 0.3 is 0 Å². The molecule has 0 bridgehead atoms. The van der Waals surface area contributed by atoms with E-state index in [0.29, 0.717) is 12.3 Å². The maximum atomic E-state index is 10.9. The van der Waals surface area contributed by atoms with Gasteiger partial charge in [-0.15, -0.1) is 11.6 Å². The maximum absolute atomic E-state index is 10.9. The van der Waals surface area contributed by atoms with E-state index < -0.39 is 0 Å². The molecule has 2 nitrogen and oxygen atoms in total. The molecule has 0 aromatic carbocycles. The summed E-state index contributed by atoms with van der Waals surface area (Å²) in [6.45, 7) is 2.97. The lowest BCUT2D eigenvalue weighted by atomic mass is 10.2. The first kappa shape index (κ1) is 11.8. The van der Waals surface area contributed by atoms with Crippen LogP contribution in [0.1, 0.15) is 39.0 Å². The average molecular weight is 192 g/mol. The Hall–Kier alpha value is -0.240. The lowest BCUT2D eigenvalue weighted by Gasteiger charge is -2.02. The van der Waals surface area contributed by atoms with Gasteiger partial charge in [0.2, 0.25) is 5.91 Å². The van der Waals surface area contributed by atoms with Crippen molar-refractivity contribution < 1.29 is 4.79 Å². The second-order valence-corrected chi connectivity index (χ2v) is 3.23. The Morgan fingerprint density at radius 2 is 2.08 bits per heavy atom. The number of nitrogens with one attached hydrogen (secondary N) is 1. The van der Waals surface area contributed by atoms with Crippen molar-refractivity contribution in [2.24, 2.45) is 0 Å². The predicted octanol–water partition coefficient (Wildman–Crippen LogP) is 2.31. The molecule has 0 aromatic rings. The van der Waals surface area contributed by atoms with Crippen LogP contribution in [0.15, 0.2) is 0 Å². The van der Waals surface area contributed by atoms with Gasteiger partial charge < -0.3 is 5.32 Å². The van der Waals surface area contributed by atoms with E-state index in [4.69, 9.17) is 11.6 Å². The molecule has 0 aliphatic carbocycles. The fourth-order valence-electron chi connectivity index (χ4n) is 0.954. The molecular formula is C9H18ClNO. The van der Waals surface area contributed by atoms with Crippen LogP contribution in [0.2, 0.25) is 0 Å².